The lowest BCUT2D eigenvalue weighted by molar-refractivity contribution is 0.0963. The van der Waals surface area contributed by atoms with Gasteiger partial charge in [-0.25, -0.2) is 4.79 Å². The average Bonchev–Trinajstić information content (AvgIpc) is 2.79. The van der Waals surface area contributed by atoms with Gasteiger partial charge in [-0.15, -0.1) is 24.0 Å². The number of amides is 1. The molecule has 1 amide bonds. The number of piperidine rings is 1. The van der Waals surface area contributed by atoms with E-state index < -0.39 is 0 Å². The molecule has 0 aromatic heterocycles. The van der Waals surface area contributed by atoms with Gasteiger partial charge in [-0.05, 0) is 58.5 Å². The number of rotatable bonds is 9. The largest absolute Gasteiger partial charge is 0.493 e. The molecule has 1 atom stereocenters. The summed E-state index contributed by atoms with van der Waals surface area (Å²) in [5.41, 5.74) is 1.11. The summed E-state index contributed by atoms with van der Waals surface area (Å²) in [6, 6.07) is 6.32. The normalized spacial score (nSPS) is 15.5. The summed E-state index contributed by atoms with van der Waals surface area (Å²) >= 11 is 0. The second kappa shape index (κ2) is 15.0. The van der Waals surface area contributed by atoms with Crippen LogP contribution in [-0.2, 0) is 4.74 Å². The Hall–Kier alpha value is -1.95. The fourth-order valence-corrected chi connectivity index (χ4v) is 3.74. The maximum absolute atomic E-state index is 11.9. The third kappa shape index (κ3) is 8.73. The van der Waals surface area contributed by atoms with Crippen LogP contribution in [0.15, 0.2) is 23.2 Å². The number of hydrogen-bond donors (Lipinski definition) is 2. The van der Waals surface area contributed by atoms with Crippen LogP contribution in [0.25, 0.3) is 0 Å². The summed E-state index contributed by atoms with van der Waals surface area (Å²) in [6.07, 6.45) is 1.49. The van der Waals surface area contributed by atoms with Crippen LogP contribution in [0.1, 0.15) is 38.3 Å². The number of carbonyl (C=O) groups is 1. The highest BCUT2D eigenvalue weighted by atomic mass is 127. The van der Waals surface area contributed by atoms with Crippen LogP contribution in [0, 0.1) is 0 Å². The van der Waals surface area contributed by atoms with Crippen molar-refractivity contribution >= 4 is 36.0 Å². The molecule has 188 valence electrons. The summed E-state index contributed by atoms with van der Waals surface area (Å²) in [5.74, 6) is 2.20. The third-order valence-electron chi connectivity index (χ3n) is 5.54. The minimum Gasteiger partial charge on any atom is -0.493 e. The van der Waals surface area contributed by atoms with Gasteiger partial charge in [-0.1, -0.05) is 6.07 Å². The molecular formula is C23H40IN5O4. The molecule has 1 fully saturated rings. The predicted molar refractivity (Wildman–Crippen MR) is 142 cm³/mol. The average molecular weight is 578 g/mol. The standard InChI is InChI=1S/C23H39N5O4.HI/c1-7-24-22(26-18-11-13-28(14-12-18)23(29)32-8-2)25-16-19(27(3)4)17-9-10-20(30-5)21(15-17)31-6;/h9-10,15,18-19H,7-8,11-14,16H2,1-6H3,(H2,24,25,26);1H. The van der Waals surface area contributed by atoms with Gasteiger partial charge < -0.3 is 34.6 Å². The molecule has 1 aliphatic rings. The number of benzene rings is 1. The number of guanidine groups is 1. The summed E-state index contributed by atoms with van der Waals surface area (Å²) in [6.45, 7) is 7.01. The molecule has 0 radical (unpaired) electrons. The van der Waals surface area contributed by atoms with Crippen LogP contribution in [0.2, 0.25) is 0 Å². The molecule has 0 bridgehead atoms. The zero-order valence-electron chi connectivity index (χ0n) is 20.7. The second-order valence-corrected chi connectivity index (χ2v) is 7.92. The quantitative estimate of drug-likeness (QED) is 0.265. The number of nitrogens with zero attached hydrogens (tertiary/aromatic N) is 3. The third-order valence-corrected chi connectivity index (χ3v) is 5.54. The Morgan fingerprint density at radius 2 is 1.85 bits per heavy atom. The first-order valence-corrected chi connectivity index (χ1v) is 11.3. The van der Waals surface area contributed by atoms with E-state index in [4.69, 9.17) is 19.2 Å². The molecule has 0 aliphatic carbocycles. The SMILES string of the molecule is CCNC(=NCC(c1ccc(OC)c(OC)c1)N(C)C)NC1CCN(C(=O)OCC)CC1.I. The van der Waals surface area contributed by atoms with Crippen molar-refractivity contribution < 1.29 is 19.0 Å². The molecular weight excluding hydrogens is 537 g/mol. The van der Waals surface area contributed by atoms with Crippen LogP contribution >= 0.6 is 24.0 Å². The number of methoxy groups -OCH3 is 2. The van der Waals surface area contributed by atoms with E-state index in [0.717, 1.165) is 30.9 Å². The minimum absolute atomic E-state index is 0. The van der Waals surface area contributed by atoms with Crippen molar-refractivity contribution in [2.45, 2.75) is 38.8 Å². The van der Waals surface area contributed by atoms with Crippen LogP contribution in [0.3, 0.4) is 0 Å². The van der Waals surface area contributed by atoms with E-state index >= 15 is 0 Å². The molecule has 2 N–H and O–H groups in total. The van der Waals surface area contributed by atoms with Crippen LogP contribution < -0.4 is 20.1 Å². The molecule has 1 heterocycles. The first-order valence-electron chi connectivity index (χ1n) is 11.3. The number of carbonyl (C=O) groups excluding carboxylic acids is 1. The van der Waals surface area contributed by atoms with Gasteiger partial charge in [0.05, 0.1) is 33.4 Å². The number of likely N-dealkylation sites (N-methyl/N-ethyl adjacent to an activating group) is 1. The molecule has 2 rings (SSSR count). The zero-order valence-corrected chi connectivity index (χ0v) is 23.0. The monoisotopic (exact) mass is 577 g/mol. The van der Waals surface area contributed by atoms with Gasteiger partial charge in [0.1, 0.15) is 0 Å². The molecule has 33 heavy (non-hydrogen) atoms. The Bertz CT molecular complexity index is 754. The van der Waals surface area contributed by atoms with Gasteiger partial charge in [0.15, 0.2) is 17.5 Å². The lowest BCUT2D eigenvalue weighted by Gasteiger charge is -2.32. The van der Waals surface area contributed by atoms with Crippen molar-refractivity contribution in [3.63, 3.8) is 0 Å². The van der Waals surface area contributed by atoms with Crippen molar-refractivity contribution in [1.82, 2.24) is 20.4 Å². The summed E-state index contributed by atoms with van der Waals surface area (Å²) in [4.78, 5) is 20.7. The highest BCUT2D eigenvalue weighted by molar-refractivity contribution is 14.0. The maximum atomic E-state index is 11.9. The lowest BCUT2D eigenvalue weighted by Crippen LogP contribution is -2.50. The Morgan fingerprint density at radius 3 is 2.39 bits per heavy atom. The number of aliphatic imine (C=N–C) groups is 1. The molecule has 1 aromatic rings. The summed E-state index contributed by atoms with van der Waals surface area (Å²) < 4.78 is 15.9. The topological polar surface area (TPSA) is 87.7 Å². The first-order chi connectivity index (χ1) is 15.4. The van der Waals surface area contributed by atoms with Gasteiger partial charge in [0, 0.05) is 25.7 Å². The van der Waals surface area contributed by atoms with Crippen LogP contribution in [0.4, 0.5) is 4.79 Å². The van der Waals surface area contributed by atoms with Gasteiger partial charge in [-0.3, -0.25) is 4.99 Å². The first kappa shape index (κ1) is 29.1. The molecule has 9 nitrogen and oxygen atoms in total. The van der Waals surface area contributed by atoms with Gasteiger partial charge >= 0.3 is 6.09 Å². The van der Waals surface area contributed by atoms with Crippen LogP contribution in [0.5, 0.6) is 11.5 Å². The number of nitrogens with one attached hydrogen (secondary N) is 2. The Kier molecular flexibility index (Phi) is 13.3. The molecule has 1 unspecified atom stereocenters. The number of ether oxygens (including phenoxy) is 3. The van der Waals surface area contributed by atoms with E-state index in [1.807, 2.05) is 39.2 Å². The molecule has 1 aliphatic heterocycles. The molecule has 0 spiro atoms. The zero-order chi connectivity index (χ0) is 23.5. The summed E-state index contributed by atoms with van der Waals surface area (Å²) in [5, 5.41) is 6.87. The smallest absolute Gasteiger partial charge is 0.409 e. The highest BCUT2D eigenvalue weighted by Crippen LogP contribution is 2.31. The molecule has 1 saturated heterocycles. The Labute approximate surface area is 215 Å². The van der Waals surface area contributed by atoms with E-state index in [-0.39, 0.29) is 42.2 Å². The van der Waals surface area contributed by atoms with E-state index in [0.29, 0.717) is 37.7 Å². The van der Waals surface area contributed by atoms with E-state index in [2.05, 4.69) is 22.5 Å². The molecule has 0 saturated carbocycles. The predicted octanol–water partition coefficient (Wildman–Crippen LogP) is 3.10. The van der Waals surface area contributed by atoms with E-state index in [1.165, 1.54) is 0 Å². The number of halogens is 1. The number of hydrogen-bond acceptors (Lipinski definition) is 6. The lowest BCUT2D eigenvalue weighted by atomic mass is 10.1. The van der Waals surface area contributed by atoms with Gasteiger partial charge in [0.25, 0.3) is 0 Å². The van der Waals surface area contributed by atoms with E-state index in [9.17, 15) is 4.79 Å². The van der Waals surface area contributed by atoms with Crippen LogP contribution in [-0.4, -0.2) is 89.0 Å². The maximum Gasteiger partial charge on any atom is 0.409 e. The molecule has 1 aromatic carbocycles. The van der Waals surface area contributed by atoms with Crippen molar-refractivity contribution in [1.29, 1.82) is 0 Å². The summed E-state index contributed by atoms with van der Waals surface area (Å²) in [7, 11) is 7.37. The number of likely N-dealkylation sites (tertiary alicyclic amines) is 1. The second-order valence-electron chi connectivity index (χ2n) is 7.92. The Morgan fingerprint density at radius 1 is 1.18 bits per heavy atom. The minimum atomic E-state index is -0.227. The van der Waals surface area contributed by atoms with Crippen molar-refractivity contribution in [3.05, 3.63) is 23.8 Å². The van der Waals surface area contributed by atoms with Gasteiger partial charge in [0.2, 0.25) is 0 Å². The Balaban J connectivity index is 0.00000544. The van der Waals surface area contributed by atoms with Crippen molar-refractivity contribution in [3.8, 4) is 11.5 Å². The van der Waals surface area contributed by atoms with Gasteiger partial charge in [-0.2, -0.15) is 0 Å². The molecule has 10 heteroatoms. The van der Waals surface area contributed by atoms with Crippen molar-refractivity contribution in [2.24, 2.45) is 4.99 Å². The highest BCUT2D eigenvalue weighted by Gasteiger charge is 2.24. The van der Waals surface area contributed by atoms with E-state index in [1.54, 1.807) is 19.1 Å². The fraction of sp³-hybridized carbons (Fsp3) is 0.652. The van der Waals surface area contributed by atoms with Crippen molar-refractivity contribution in [2.75, 3.05) is 61.1 Å². The fourth-order valence-electron chi connectivity index (χ4n) is 3.74.